The normalized spacial score (nSPS) is 32.6. The zero-order chi connectivity index (χ0) is 28.9. The minimum absolute atomic E-state index is 0.106. The highest BCUT2D eigenvalue weighted by Crippen LogP contribution is 2.59. The average molecular weight is 550 g/mol. The molecule has 0 aromatic heterocycles. The number of aliphatic hydroxyl groups excluding tert-OH is 1. The Morgan fingerprint density at radius 1 is 0.975 bits per heavy atom. The average Bonchev–Trinajstić information content (AvgIpc) is 3.22. The van der Waals surface area contributed by atoms with E-state index < -0.39 is 40.7 Å². The fourth-order valence-corrected chi connectivity index (χ4v) is 7.36. The van der Waals surface area contributed by atoms with E-state index in [9.17, 15) is 19.5 Å². The molecule has 6 atom stereocenters. The number of benzene rings is 1. The molecule has 4 aliphatic rings. The second-order valence-corrected chi connectivity index (χ2v) is 12.6. The number of rotatable bonds is 7. The van der Waals surface area contributed by atoms with Gasteiger partial charge in [-0.25, -0.2) is 0 Å². The molecule has 3 amide bonds. The molecule has 0 saturated carbocycles. The number of carbonyl (C=O) groups excluding carboxylic acids is 3. The van der Waals surface area contributed by atoms with Crippen molar-refractivity contribution in [2.45, 2.75) is 82.7 Å². The number of carbonyl (C=O) groups is 3. The second kappa shape index (κ2) is 10.5. The van der Waals surface area contributed by atoms with Gasteiger partial charge in [0.1, 0.15) is 11.6 Å². The highest BCUT2D eigenvalue weighted by Gasteiger charge is 2.76. The van der Waals surface area contributed by atoms with Crippen LogP contribution in [0.2, 0.25) is 0 Å². The Morgan fingerprint density at radius 3 is 2.30 bits per heavy atom. The van der Waals surface area contributed by atoms with Gasteiger partial charge < -0.3 is 24.5 Å². The maximum Gasteiger partial charge on any atom is 0.249 e. The number of ether oxygens (including phenoxy) is 1. The molecule has 216 valence electrons. The summed E-state index contributed by atoms with van der Waals surface area (Å²) in [5, 5.41) is 10.7. The Hall–Kier alpha value is -2.97. The number of nitrogens with zero attached hydrogens (tertiary/aromatic N) is 3. The van der Waals surface area contributed by atoms with E-state index in [1.807, 2.05) is 94.2 Å². The summed E-state index contributed by atoms with van der Waals surface area (Å²) in [6, 6.07) is 8.02. The van der Waals surface area contributed by atoms with Crippen LogP contribution < -0.4 is 0 Å². The number of hydrogen-bond donors (Lipinski definition) is 1. The standard InChI is InChI=1S/C32H43N3O5/c1-6-17-33-18-11-15-31(7-2)24(27(33)37)25-28(38)35(23(21-36)20-22-13-9-8-10-14-22)26-29(39)34(30(3,4)5)19-12-16-32(25,26)40-31/h8-16,23-26,36H,6-7,17-21H2,1-5H3/t23-,24-,25+,26?,31+,32+/m1/s1. The van der Waals surface area contributed by atoms with Gasteiger partial charge in [-0.15, -0.1) is 0 Å². The predicted octanol–water partition coefficient (Wildman–Crippen LogP) is 2.96. The van der Waals surface area contributed by atoms with Gasteiger partial charge in [0.2, 0.25) is 17.7 Å². The van der Waals surface area contributed by atoms with E-state index in [4.69, 9.17) is 4.74 Å². The Labute approximate surface area is 237 Å². The lowest BCUT2D eigenvalue weighted by Gasteiger charge is -2.43. The molecule has 40 heavy (non-hydrogen) atoms. The molecule has 2 saturated heterocycles. The van der Waals surface area contributed by atoms with Crippen molar-refractivity contribution in [1.82, 2.24) is 14.7 Å². The zero-order valence-corrected chi connectivity index (χ0v) is 24.4. The van der Waals surface area contributed by atoms with Crippen molar-refractivity contribution in [1.29, 1.82) is 0 Å². The Balaban J connectivity index is 1.68. The first-order valence-electron chi connectivity index (χ1n) is 14.7. The summed E-state index contributed by atoms with van der Waals surface area (Å²) < 4.78 is 7.04. The summed E-state index contributed by atoms with van der Waals surface area (Å²) in [6.07, 6.45) is 9.42. The number of fused-ring (bicyclic) bond motifs is 2. The van der Waals surface area contributed by atoms with Crippen LogP contribution in [0.1, 0.15) is 53.0 Å². The third-order valence-electron chi connectivity index (χ3n) is 9.18. The summed E-state index contributed by atoms with van der Waals surface area (Å²) in [4.78, 5) is 48.7. The lowest BCUT2D eigenvalue weighted by atomic mass is 9.73. The van der Waals surface area contributed by atoms with Crippen LogP contribution in [0.25, 0.3) is 0 Å². The fraction of sp³-hybridized carbons (Fsp3) is 0.594. The van der Waals surface area contributed by atoms with Gasteiger partial charge in [0.05, 0.1) is 30.1 Å². The van der Waals surface area contributed by atoms with Gasteiger partial charge in [0, 0.05) is 25.2 Å². The highest BCUT2D eigenvalue weighted by atomic mass is 16.5. The van der Waals surface area contributed by atoms with Crippen LogP contribution in [0.5, 0.6) is 0 Å². The van der Waals surface area contributed by atoms with Crippen molar-refractivity contribution in [3.05, 3.63) is 60.2 Å². The Kier molecular flexibility index (Phi) is 7.46. The first-order valence-corrected chi connectivity index (χ1v) is 14.7. The van der Waals surface area contributed by atoms with E-state index in [1.165, 1.54) is 0 Å². The van der Waals surface area contributed by atoms with Gasteiger partial charge in [-0.2, -0.15) is 0 Å². The largest absolute Gasteiger partial charge is 0.394 e. The van der Waals surface area contributed by atoms with Gasteiger partial charge in [-0.3, -0.25) is 14.4 Å². The molecule has 1 aromatic carbocycles. The summed E-state index contributed by atoms with van der Waals surface area (Å²) in [6.45, 7) is 11.0. The topological polar surface area (TPSA) is 90.4 Å². The van der Waals surface area contributed by atoms with Crippen molar-refractivity contribution in [3.8, 4) is 0 Å². The molecule has 1 N–H and O–H groups in total. The smallest absolute Gasteiger partial charge is 0.249 e. The van der Waals surface area contributed by atoms with Gasteiger partial charge in [0.15, 0.2) is 0 Å². The van der Waals surface area contributed by atoms with E-state index in [0.29, 0.717) is 32.5 Å². The SMILES string of the molecule is CCCN1CC=C[C@]2(CC)O[C@]34C=CCN(C(C)(C)C)C(=O)C3N([C@@H](CO)Cc3ccccc3)C(=O)[C@@H]4[C@@H]2C1=O. The van der Waals surface area contributed by atoms with Crippen LogP contribution >= 0.6 is 0 Å². The van der Waals surface area contributed by atoms with Crippen LogP contribution in [-0.4, -0.2) is 92.6 Å². The number of likely N-dealkylation sites (tertiary alicyclic amines) is 1. The van der Waals surface area contributed by atoms with Crippen molar-refractivity contribution >= 4 is 17.7 Å². The molecular weight excluding hydrogens is 506 g/mol. The molecule has 0 aliphatic carbocycles. The molecule has 4 aliphatic heterocycles. The van der Waals surface area contributed by atoms with Crippen LogP contribution in [0.3, 0.4) is 0 Å². The third-order valence-corrected chi connectivity index (χ3v) is 9.18. The lowest BCUT2D eigenvalue weighted by Crippen LogP contribution is -2.61. The predicted molar refractivity (Wildman–Crippen MR) is 152 cm³/mol. The molecule has 5 rings (SSSR count). The van der Waals surface area contributed by atoms with Crippen molar-refractivity contribution < 1.29 is 24.2 Å². The lowest BCUT2D eigenvalue weighted by molar-refractivity contribution is -0.159. The maximum absolute atomic E-state index is 14.7. The highest BCUT2D eigenvalue weighted by molar-refractivity contribution is 6.00. The number of amides is 3. The molecule has 8 nitrogen and oxygen atoms in total. The monoisotopic (exact) mass is 549 g/mol. The fourth-order valence-electron chi connectivity index (χ4n) is 7.36. The molecule has 1 aromatic rings. The summed E-state index contributed by atoms with van der Waals surface area (Å²) in [5.41, 5.74) is -1.88. The molecule has 0 radical (unpaired) electrons. The third kappa shape index (κ3) is 4.31. The van der Waals surface area contributed by atoms with Crippen molar-refractivity contribution in [2.24, 2.45) is 11.8 Å². The van der Waals surface area contributed by atoms with Gasteiger partial charge in [-0.1, -0.05) is 68.5 Å². The Morgan fingerprint density at radius 2 is 1.68 bits per heavy atom. The van der Waals surface area contributed by atoms with Crippen molar-refractivity contribution in [3.63, 3.8) is 0 Å². The van der Waals surface area contributed by atoms with Crippen LogP contribution in [-0.2, 0) is 25.5 Å². The van der Waals surface area contributed by atoms with Crippen LogP contribution in [0, 0.1) is 11.8 Å². The molecule has 4 heterocycles. The molecule has 0 bridgehead atoms. The molecule has 8 heteroatoms. The minimum Gasteiger partial charge on any atom is -0.394 e. The number of hydrogen-bond acceptors (Lipinski definition) is 5. The molecular formula is C32H43N3O5. The molecule has 1 spiro atoms. The first kappa shape index (κ1) is 28.6. The zero-order valence-electron chi connectivity index (χ0n) is 24.4. The first-order chi connectivity index (χ1) is 19.0. The number of aliphatic hydroxyl groups is 1. The molecule has 2 fully saturated rings. The van der Waals surface area contributed by atoms with E-state index in [1.54, 1.807) is 9.80 Å². The van der Waals surface area contributed by atoms with E-state index >= 15 is 0 Å². The van der Waals surface area contributed by atoms with E-state index in [2.05, 4.69) is 0 Å². The maximum atomic E-state index is 14.7. The van der Waals surface area contributed by atoms with Crippen molar-refractivity contribution in [2.75, 3.05) is 26.2 Å². The summed E-state index contributed by atoms with van der Waals surface area (Å²) in [5.74, 6) is -2.26. The Bertz CT molecular complexity index is 1210. The van der Waals surface area contributed by atoms with Gasteiger partial charge in [-0.05, 0) is 45.6 Å². The van der Waals surface area contributed by atoms with Gasteiger partial charge >= 0.3 is 0 Å². The minimum atomic E-state index is -1.33. The quantitative estimate of drug-likeness (QED) is 0.529. The molecule has 1 unspecified atom stereocenters. The van der Waals surface area contributed by atoms with E-state index in [0.717, 1.165) is 12.0 Å². The van der Waals surface area contributed by atoms with Crippen LogP contribution in [0.4, 0.5) is 0 Å². The summed E-state index contributed by atoms with van der Waals surface area (Å²) in [7, 11) is 0. The van der Waals surface area contributed by atoms with E-state index in [-0.39, 0.29) is 24.3 Å². The summed E-state index contributed by atoms with van der Waals surface area (Å²) >= 11 is 0. The van der Waals surface area contributed by atoms with Crippen LogP contribution in [0.15, 0.2) is 54.6 Å². The van der Waals surface area contributed by atoms with Gasteiger partial charge in [0.25, 0.3) is 0 Å². The second-order valence-electron chi connectivity index (χ2n) is 12.6.